The maximum absolute atomic E-state index is 13.9. The number of hydrogen-bond donors (Lipinski definition) is 2. The third-order valence-electron chi connectivity index (χ3n) is 9.26. The van der Waals surface area contributed by atoms with Gasteiger partial charge in [0.25, 0.3) is 5.91 Å². The molecule has 0 bridgehead atoms. The van der Waals surface area contributed by atoms with E-state index in [-0.39, 0.29) is 17.6 Å². The number of likely N-dealkylation sites (tertiary alicyclic amines) is 1. The minimum Gasteiger partial charge on any atom is -0.493 e. The normalized spacial score (nSPS) is 19.2. The van der Waals surface area contributed by atoms with Gasteiger partial charge in [-0.05, 0) is 86.3 Å². The number of nitrogens with zero attached hydrogens (tertiary/aromatic N) is 1. The van der Waals surface area contributed by atoms with Gasteiger partial charge in [-0.3, -0.25) is 9.59 Å². The quantitative estimate of drug-likeness (QED) is 0.288. The highest BCUT2D eigenvalue weighted by Gasteiger charge is 2.44. The Balaban J connectivity index is 1.39. The maximum atomic E-state index is 13.9. The van der Waals surface area contributed by atoms with Crippen LogP contribution in [-0.4, -0.2) is 70.8 Å². The zero-order valence-corrected chi connectivity index (χ0v) is 27.2. The average Bonchev–Trinajstić information content (AvgIpc) is 3.50. The van der Waals surface area contributed by atoms with Gasteiger partial charge in [0.2, 0.25) is 11.7 Å². The third-order valence-corrected chi connectivity index (χ3v) is 10.0. The van der Waals surface area contributed by atoms with Crippen LogP contribution in [0.2, 0.25) is 10.0 Å². The van der Waals surface area contributed by atoms with Crippen LogP contribution in [0.4, 0.5) is 4.39 Å². The molecule has 0 spiro atoms. The highest BCUT2D eigenvalue weighted by atomic mass is 35.5. The van der Waals surface area contributed by atoms with Crippen molar-refractivity contribution in [1.29, 1.82) is 0 Å². The fourth-order valence-corrected chi connectivity index (χ4v) is 6.99. The van der Waals surface area contributed by atoms with Gasteiger partial charge in [-0.2, -0.15) is 0 Å². The summed E-state index contributed by atoms with van der Waals surface area (Å²) < 4.78 is 30.1. The molecule has 240 valence electrons. The Hall–Kier alpha value is -3.53. The van der Waals surface area contributed by atoms with Crippen molar-refractivity contribution in [2.75, 3.05) is 54.1 Å². The Morgan fingerprint density at radius 1 is 0.889 bits per heavy atom. The minimum absolute atomic E-state index is 0.0803. The van der Waals surface area contributed by atoms with Crippen molar-refractivity contribution in [3.05, 3.63) is 87.2 Å². The lowest BCUT2D eigenvalue weighted by molar-refractivity contribution is -0.127. The van der Waals surface area contributed by atoms with Gasteiger partial charge in [0, 0.05) is 30.6 Å². The molecule has 2 heterocycles. The zero-order chi connectivity index (χ0) is 32.2. The highest BCUT2D eigenvalue weighted by Crippen LogP contribution is 2.43. The van der Waals surface area contributed by atoms with Crippen LogP contribution < -0.4 is 24.8 Å². The molecule has 2 aliphatic rings. The van der Waals surface area contributed by atoms with Crippen molar-refractivity contribution in [2.45, 2.75) is 36.5 Å². The van der Waals surface area contributed by atoms with E-state index in [9.17, 15) is 14.0 Å². The Morgan fingerprint density at radius 3 is 2.13 bits per heavy atom. The van der Waals surface area contributed by atoms with E-state index in [1.807, 2.05) is 12.1 Å². The van der Waals surface area contributed by atoms with Gasteiger partial charge in [0.1, 0.15) is 5.82 Å². The van der Waals surface area contributed by atoms with Gasteiger partial charge in [-0.25, -0.2) is 4.39 Å². The first kappa shape index (κ1) is 32.9. The summed E-state index contributed by atoms with van der Waals surface area (Å²) in [6.07, 6.45) is 2.44. The molecule has 3 aromatic rings. The van der Waals surface area contributed by atoms with E-state index < -0.39 is 10.8 Å². The lowest BCUT2D eigenvalue weighted by Crippen LogP contribution is -2.51. The van der Waals surface area contributed by atoms with Crippen LogP contribution in [0.5, 0.6) is 17.2 Å². The van der Waals surface area contributed by atoms with Crippen LogP contribution in [0.15, 0.2) is 54.6 Å². The van der Waals surface area contributed by atoms with Crippen molar-refractivity contribution in [1.82, 2.24) is 15.5 Å². The molecular weight excluding hydrogens is 620 g/mol. The Morgan fingerprint density at radius 2 is 1.53 bits per heavy atom. The predicted molar refractivity (Wildman–Crippen MR) is 173 cm³/mol. The standard InChI is InChI=1S/C34H38Cl2FN3O5/c1-43-28-18-22(19-29(44-2)30(28)45-3)31(41)40-17-13-33(21-40,24-6-9-26(35)27(36)20-24)10-16-39-32(42)34(11-14-38-15-12-34)23-4-7-25(37)8-5-23/h4-9,18-20,38H,10-17,21H2,1-3H3,(H,39,42). The second-order valence-electron chi connectivity index (χ2n) is 11.6. The average molecular weight is 659 g/mol. The van der Waals surface area contributed by atoms with Gasteiger partial charge in [-0.15, -0.1) is 0 Å². The Kier molecular flexibility index (Phi) is 10.1. The van der Waals surface area contributed by atoms with Crippen molar-refractivity contribution in [3.8, 4) is 17.2 Å². The molecule has 0 radical (unpaired) electrons. The van der Waals surface area contributed by atoms with Crippen LogP contribution >= 0.6 is 23.2 Å². The second kappa shape index (κ2) is 13.8. The van der Waals surface area contributed by atoms with Gasteiger partial charge in [-0.1, -0.05) is 41.4 Å². The molecule has 2 N–H and O–H groups in total. The predicted octanol–water partition coefficient (Wildman–Crippen LogP) is 5.77. The SMILES string of the molecule is COc1cc(C(=O)N2CCC(CCNC(=O)C3(c4ccc(F)cc4)CCNCC3)(c3ccc(Cl)c(Cl)c3)C2)cc(OC)c1OC. The molecule has 45 heavy (non-hydrogen) atoms. The molecule has 8 nitrogen and oxygen atoms in total. The minimum atomic E-state index is -0.750. The first-order valence-corrected chi connectivity index (χ1v) is 15.7. The Labute approximate surface area is 273 Å². The fraction of sp³-hybridized carbons (Fsp3) is 0.412. The molecule has 2 amide bonds. The van der Waals surface area contributed by atoms with Crippen LogP contribution in [0.3, 0.4) is 0 Å². The number of methoxy groups -OCH3 is 3. The molecule has 0 saturated carbocycles. The summed E-state index contributed by atoms with van der Waals surface area (Å²) in [5.74, 6) is 0.606. The molecule has 2 fully saturated rings. The topological polar surface area (TPSA) is 89.1 Å². The number of ether oxygens (including phenoxy) is 3. The van der Waals surface area contributed by atoms with Crippen LogP contribution in [0.1, 0.15) is 47.2 Å². The molecular formula is C34H38Cl2FN3O5. The number of hydrogen-bond acceptors (Lipinski definition) is 6. The molecule has 2 aliphatic heterocycles. The number of carbonyl (C=O) groups excluding carboxylic acids is 2. The van der Waals surface area contributed by atoms with Gasteiger partial charge in [0.05, 0.1) is 36.8 Å². The van der Waals surface area contributed by atoms with E-state index in [0.717, 1.165) is 11.1 Å². The van der Waals surface area contributed by atoms with Gasteiger partial charge >= 0.3 is 0 Å². The summed E-state index contributed by atoms with van der Waals surface area (Å²) >= 11 is 12.7. The largest absolute Gasteiger partial charge is 0.493 e. The smallest absolute Gasteiger partial charge is 0.254 e. The number of rotatable bonds is 10. The number of benzene rings is 3. The van der Waals surface area contributed by atoms with E-state index in [2.05, 4.69) is 10.6 Å². The maximum Gasteiger partial charge on any atom is 0.254 e. The molecule has 3 aromatic carbocycles. The number of nitrogens with one attached hydrogen (secondary N) is 2. The lowest BCUT2D eigenvalue weighted by atomic mass is 9.72. The molecule has 1 atom stereocenters. The van der Waals surface area contributed by atoms with Gasteiger partial charge in [0.15, 0.2) is 11.5 Å². The lowest BCUT2D eigenvalue weighted by Gasteiger charge is -2.37. The van der Waals surface area contributed by atoms with Crippen LogP contribution in [0.25, 0.3) is 0 Å². The summed E-state index contributed by atoms with van der Waals surface area (Å²) in [7, 11) is 4.53. The van der Waals surface area contributed by atoms with E-state index in [1.54, 1.807) is 35.2 Å². The molecule has 0 aromatic heterocycles. The molecule has 1 unspecified atom stereocenters. The van der Waals surface area contributed by atoms with Crippen molar-refractivity contribution in [2.24, 2.45) is 0 Å². The van der Waals surface area contributed by atoms with E-state index in [0.29, 0.717) is 91.3 Å². The Bertz CT molecular complexity index is 1520. The summed E-state index contributed by atoms with van der Waals surface area (Å²) in [4.78, 5) is 29.5. The number of carbonyl (C=O) groups is 2. The van der Waals surface area contributed by atoms with E-state index >= 15 is 0 Å². The fourth-order valence-electron chi connectivity index (χ4n) is 6.70. The van der Waals surface area contributed by atoms with E-state index in [1.165, 1.54) is 33.5 Å². The number of piperidine rings is 1. The third kappa shape index (κ3) is 6.57. The van der Waals surface area contributed by atoms with Crippen LogP contribution in [-0.2, 0) is 15.6 Å². The second-order valence-corrected chi connectivity index (χ2v) is 12.5. The first-order chi connectivity index (χ1) is 21.7. The monoisotopic (exact) mass is 657 g/mol. The zero-order valence-electron chi connectivity index (χ0n) is 25.7. The van der Waals surface area contributed by atoms with E-state index in [4.69, 9.17) is 37.4 Å². The van der Waals surface area contributed by atoms with Crippen molar-refractivity contribution >= 4 is 35.0 Å². The van der Waals surface area contributed by atoms with Crippen molar-refractivity contribution in [3.63, 3.8) is 0 Å². The summed E-state index contributed by atoms with van der Waals surface area (Å²) in [5, 5.41) is 7.40. The van der Waals surface area contributed by atoms with Crippen molar-refractivity contribution < 1.29 is 28.2 Å². The molecule has 0 aliphatic carbocycles. The van der Waals surface area contributed by atoms with Crippen LogP contribution in [0, 0.1) is 5.82 Å². The molecule has 5 rings (SSSR count). The highest BCUT2D eigenvalue weighted by molar-refractivity contribution is 6.42. The summed E-state index contributed by atoms with van der Waals surface area (Å²) in [5.41, 5.74) is 0.927. The molecule has 11 heteroatoms. The first-order valence-electron chi connectivity index (χ1n) is 15.0. The summed E-state index contributed by atoms with van der Waals surface area (Å²) in [6.45, 7) is 2.66. The summed E-state index contributed by atoms with van der Waals surface area (Å²) in [6, 6.07) is 15.1. The van der Waals surface area contributed by atoms with Gasteiger partial charge < -0.3 is 29.7 Å². The molecule has 2 saturated heterocycles. The number of amides is 2. The number of halogens is 3.